The maximum absolute atomic E-state index is 10.5. The number of benzene rings is 1. The number of hydrogen-bond acceptors (Lipinski definition) is 4. The van der Waals surface area contributed by atoms with Crippen LogP contribution in [0.2, 0.25) is 0 Å². The van der Waals surface area contributed by atoms with Crippen LogP contribution in [0.15, 0.2) is 50.5 Å². The molecule has 25 heavy (non-hydrogen) atoms. The number of aliphatic hydroxyl groups is 1. The first kappa shape index (κ1) is 19.3. The average Bonchev–Trinajstić information content (AvgIpc) is 3.13. The number of nitrogens with one attached hydrogen (secondary N) is 2. The molecule has 0 aliphatic carbocycles. The summed E-state index contributed by atoms with van der Waals surface area (Å²) in [5.74, 6) is 1.89. The maximum atomic E-state index is 10.5. The van der Waals surface area contributed by atoms with Gasteiger partial charge in [0.05, 0.1) is 26.5 Å². The Morgan fingerprint density at radius 1 is 1.36 bits per heavy atom. The Kier molecular flexibility index (Phi) is 6.90. The van der Waals surface area contributed by atoms with Crippen molar-refractivity contribution < 1.29 is 14.3 Å². The zero-order valence-electron chi connectivity index (χ0n) is 14.7. The van der Waals surface area contributed by atoms with Crippen molar-refractivity contribution in [2.24, 2.45) is 4.99 Å². The van der Waals surface area contributed by atoms with E-state index in [0.717, 1.165) is 15.8 Å². The minimum Gasteiger partial charge on any atom is -0.496 e. The van der Waals surface area contributed by atoms with Gasteiger partial charge in [-0.15, -0.1) is 0 Å². The van der Waals surface area contributed by atoms with Gasteiger partial charge in [0.2, 0.25) is 0 Å². The topological polar surface area (TPSA) is 79.0 Å². The number of guanidine groups is 1. The van der Waals surface area contributed by atoms with Crippen LogP contribution in [0.4, 0.5) is 0 Å². The lowest BCUT2D eigenvalue weighted by molar-refractivity contribution is 0.0386. The molecule has 3 N–H and O–H groups in total. The van der Waals surface area contributed by atoms with Crippen molar-refractivity contribution in [1.82, 2.24) is 10.6 Å². The molecule has 0 saturated carbocycles. The second-order valence-electron chi connectivity index (χ2n) is 5.76. The summed E-state index contributed by atoms with van der Waals surface area (Å²) in [6.45, 7) is 5.11. The van der Waals surface area contributed by atoms with E-state index in [2.05, 4.69) is 31.6 Å². The normalized spacial score (nSPS) is 14.0. The first-order valence-corrected chi connectivity index (χ1v) is 8.86. The van der Waals surface area contributed by atoms with E-state index in [1.54, 1.807) is 32.4 Å². The van der Waals surface area contributed by atoms with Gasteiger partial charge in [0, 0.05) is 16.6 Å². The molecule has 6 nitrogen and oxygen atoms in total. The third-order valence-corrected chi connectivity index (χ3v) is 4.14. The van der Waals surface area contributed by atoms with Gasteiger partial charge in [0.15, 0.2) is 5.96 Å². The SMILES string of the molecule is CCNC(=NCc1cc(Br)ccc1OC)NCC(C)(O)c1ccco1. The van der Waals surface area contributed by atoms with Crippen molar-refractivity contribution in [3.63, 3.8) is 0 Å². The molecule has 1 heterocycles. The van der Waals surface area contributed by atoms with Crippen LogP contribution in [0.3, 0.4) is 0 Å². The van der Waals surface area contributed by atoms with Gasteiger partial charge in [-0.05, 0) is 44.2 Å². The molecule has 0 radical (unpaired) electrons. The quantitative estimate of drug-likeness (QED) is 0.483. The van der Waals surface area contributed by atoms with E-state index in [1.165, 1.54) is 0 Å². The van der Waals surface area contributed by atoms with Crippen molar-refractivity contribution >= 4 is 21.9 Å². The van der Waals surface area contributed by atoms with E-state index in [4.69, 9.17) is 9.15 Å². The van der Waals surface area contributed by atoms with Crippen molar-refractivity contribution in [2.75, 3.05) is 20.2 Å². The van der Waals surface area contributed by atoms with Crippen LogP contribution in [-0.2, 0) is 12.1 Å². The number of hydrogen-bond donors (Lipinski definition) is 3. The molecule has 0 saturated heterocycles. The zero-order valence-corrected chi connectivity index (χ0v) is 16.3. The predicted octanol–water partition coefficient (Wildman–Crippen LogP) is 3.01. The lowest BCUT2D eigenvalue weighted by Crippen LogP contribution is -2.44. The van der Waals surface area contributed by atoms with Gasteiger partial charge in [0.1, 0.15) is 17.1 Å². The molecular weight excluding hydrogens is 386 g/mol. The molecule has 2 aromatic rings. The van der Waals surface area contributed by atoms with Gasteiger partial charge in [-0.2, -0.15) is 0 Å². The molecule has 1 unspecified atom stereocenters. The first-order chi connectivity index (χ1) is 12.0. The molecule has 0 aliphatic heterocycles. The van der Waals surface area contributed by atoms with Crippen LogP contribution in [0.25, 0.3) is 0 Å². The van der Waals surface area contributed by atoms with Gasteiger partial charge in [-0.25, -0.2) is 4.99 Å². The smallest absolute Gasteiger partial charge is 0.191 e. The number of halogens is 1. The summed E-state index contributed by atoms with van der Waals surface area (Å²) >= 11 is 3.46. The third-order valence-electron chi connectivity index (χ3n) is 3.65. The van der Waals surface area contributed by atoms with Crippen LogP contribution in [0.5, 0.6) is 5.75 Å². The Bertz CT molecular complexity index is 700. The van der Waals surface area contributed by atoms with E-state index in [0.29, 0.717) is 24.8 Å². The third kappa shape index (κ3) is 5.51. The molecule has 0 aliphatic rings. The fourth-order valence-electron chi connectivity index (χ4n) is 2.30. The van der Waals surface area contributed by atoms with Gasteiger partial charge in [0.25, 0.3) is 0 Å². The number of ether oxygens (including phenoxy) is 1. The Morgan fingerprint density at radius 2 is 2.16 bits per heavy atom. The summed E-state index contributed by atoms with van der Waals surface area (Å²) in [5.41, 5.74) is -0.167. The second-order valence-corrected chi connectivity index (χ2v) is 6.67. The number of methoxy groups -OCH3 is 1. The minimum atomic E-state index is -1.13. The highest BCUT2D eigenvalue weighted by Crippen LogP contribution is 2.23. The monoisotopic (exact) mass is 409 g/mol. The molecule has 1 aromatic heterocycles. The number of rotatable bonds is 7. The van der Waals surface area contributed by atoms with E-state index in [1.807, 2.05) is 25.1 Å². The van der Waals surface area contributed by atoms with E-state index >= 15 is 0 Å². The van der Waals surface area contributed by atoms with Crippen molar-refractivity contribution in [3.8, 4) is 5.75 Å². The van der Waals surface area contributed by atoms with Crippen molar-refractivity contribution in [1.29, 1.82) is 0 Å². The van der Waals surface area contributed by atoms with E-state index in [-0.39, 0.29) is 6.54 Å². The van der Waals surface area contributed by atoms with Crippen LogP contribution < -0.4 is 15.4 Å². The average molecular weight is 410 g/mol. The van der Waals surface area contributed by atoms with Gasteiger partial charge in [-0.3, -0.25) is 0 Å². The Morgan fingerprint density at radius 3 is 2.80 bits per heavy atom. The molecule has 0 bridgehead atoms. The largest absolute Gasteiger partial charge is 0.496 e. The fraction of sp³-hybridized carbons (Fsp3) is 0.389. The highest BCUT2D eigenvalue weighted by molar-refractivity contribution is 9.10. The summed E-state index contributed by atoms with van der Waals surface area (Å²) in [6.07, 6.45) is 1.54. The van der Waals surface area contributed by atoms with Crippen LogP contribution in [0, 0.1) is 0 Å². The van der Waals surface area contributed by atoms with Crippen molar-refractivity contribution in [2.45, 2.75) is 26.0 Å². The molecule has 0 spiro atoms. The van der Waals surface area contributed by atoms with Gasteiger partial charge < -0.3 is 24.9 Å². The number of aliphatic imine (C=N–C) groups is 1. The van der Waals surface area contributed by atoms with Gasteiger partial charge >= 0.3 is 0 Å². The highest BCUT2D eigenvalue weighted by Gasteiger charge is 2.26. The van der Waals surface area contributed by atoms with E-state index in [9.17, 15) is 5.11 Å². The summed E-state index contributed by atoms with van der Waals surface area (Å²) in [4.78, 5) is 4.57. The van der Waals surface area contributed by atoms with E-state index < -0.39 is 5.60 Å². The van der Waals surface area contributed by atoms with Crippen LogP contribution in [-0.4, -0.2) is 31.3 Å². The zero-order chi connectivity index (χ0) is 18.3. The van der Waals surface area contributed by atoms with Gasteiger partial charge in [-0.1, -0.05) is 15.9 Å². The summed E-state index contributed by atoms with van der Waals surface area (Å²) in [5, 5.41) is 16.8. The first-order valence-electron chi connectivity index (χ1n) is 8.07. The second kappa shape index (κ2) is 8.92. The standard InChI is InChI=1S/C18H24BrN3O3/c1-4-20-17(22-12-18(2,23)16-6-5-9-25-16)21-11-13-10-14(19)7-8-15(13)24-3/h5-10,23H,4,11-12H2,1-3H3,(H2,20,21,22). The molecule has 1 atom stereocenters. The Labute approximate surface area is 156 Å². The summed E-state index contributed by atoms with van der Waals surface area (Å²) < 4.78 is 11.6. The molecule has 0 amide bonds. The lowest BCUT2D eigenvalue weighted by atomic mass is 10.0. The summed E-state index contributed by atoms with van der Waals surface area (Å²) in [6, 6.07) is 9.30. The van der Waals surface area contributed by atoms with Crippen LogP contribution in [0.1, 0.15) is 25.2 Å². The summed E-state index contributed by atoms with van der Waals surface area (Å²) in [7, 11) is 1.64. The molecule has 0 fully saturated rings. The molecule has 7 heteroatoms. The minimum absolute atomic E-state index is 0.266. The fourth-order valence-corrected chi connectivity index (χ4v) is 2.71. The van der Waals surface area contributed by atoms with Crippen LogP contribution >= 0.6 is 15.9 Å². The van der Waals surface area contributed by atoms with Crippen molar-refractivity contribution in [3.05, 3.63) is 52.4 Å². The lowest BCUT2D eigenvalue weighted by Gasteiger charge is -2.22. The number of furan rings is 1. The maximum Gasteiger partial charge on any atom is 0.191 e. The Hall–Kier alpha value is -1.99. The molecule has 136 valence electrons. The molecular formula is C18H24BrN3O3. The highest BCUT2D eigenvalue weighted by atomic mass is 79.9. The predicted molar refractivity (Wildman–Crippen MR) is 102 cm³/mol. The number of nitrogens with zero attached hydrogens (tertiary/aromatic N) is 1. The molecule has 1 aromatic carbocycles. The molecule has 2 rings (SSSR count). The Balaban J connectivity index is 2.07.